The molecule has 1 aliphatic heterocycles. The number of hydrogen-bond donors (Lipinski definition) is 1. The van der Waals surface area contributed by atoms with Gasteiger partial charge in [0.1, 0.15) is 5.70 Å². The van der Waals surface area contributed by atoms with Crippen LogP contribution in [-0.4, -0.2) is 11.8 Å². The lowest BCUT2D eigenvalue weighted by molar-refractivity contribution is -0.120. The molecule has 4 rings (SSSR count). The Balaban J connectivity index is 1.87. The summed E-state index contributed by atoms with van der Waals surface area (Å²) in [5.74, 6) is -0.784. The zero-order chi connectivity index (χ0) is 22.3. The highest BCUT2D eigenvalue weighted by atomic mass is 35.5. The van der Waals surface area contributed by atoms with Crippen LogP contribution in [0.2, 0.25) is 10.0 Å². The topological polar surface area (TPSA) is 49.4 Å². The first kappa shape index (κ1) is 21.2. The van der Waals surface area contributed by atoms with Gasteiger partial charge >= 0.3 is 0 Å². The minimum atomic E-state index is -0.405. The summed E-state index contributed by atoms with van der Waals surface area (Å²) in [6, 6.07) is 17.8. The predicted octanol–water partition coefficient (Wildman–Crippen LogP) is 6.32. The van der Waals surface area contributed by atoms with E-state index in [-0.39, 0.29) is 11.6 Å². The fourth-order valence-corrected chi connectivity index (χ4v) is 3.98. The maximum Gasteiger partial charge on any atom is 0.282 e. The van der Waals surface area contributed by atoms with E-state index in [1.165, 1.54) is 4.90 Å². The SMILES string of the molecule is Cc1cc(Cl)ccc1NC1=C(c2ccc(Cl)cc2)C(=O)N(c2cccc(C)c2C)C1=O. The molecule has 0 fully saturated rings. The summed E-state index contributed by atoms with van der Waals surface area (Å²) < 4.78 is 0. The van der Waals surface area contributed by atoms with Gasteiger partial charge in [0, 0.05) is 15.7 Å². The van der Waals surface area contributed by atoms with Crippen molar-refractivity contribution in [3.63, 3.8) is 0 Å². The highest BCUT2D eigenvalue weighted by Crippen LogP contribution is 2.36. The molecular weight excluding hydrogens is 431 g/mol. The van der Waals surface area contributed by atoms with Crippen LogP contribution in [0.1, 0.15) is 22.3 Å². The minimum Gasteiger partial charge on any atom is -0.350 e. The molecule has 0 radical (unpaired) electrons. The number of aryl methyl sites for hydroxylation is 2. The molecule has 1 heterocycles. The Labute approximate surface area is 191 Å². The average Bonchev–Trinajstić information content (AvgIpc) is 2.97. The molecule has 0 aromatic heterocycles. The smallest absolute Gasteiger partial charge is 0.282 e. The number of halogens is 2. The summed E-state index contributed by atoms with van der Waals surface area (Å²) in [4.78, 5) is 28.3. The molecule has 0 aliphatic carbocycles. The molecule has 3 aromatic carbocycles. The number of nitrogens with zero attached hydrogens (tertiary/aromatic N) is 1. The van der Waals surface area contributed by atoms with Gasteiger partial charge in [-0.25, -0.2) is 4.90 Å². The standard InChI is InChI=1S/C25H20Cl2N2O2/c1-14-5-4-6-21(16(14)3)29-24(30)22(17-7-9-18(26)10-8-17)23(25(29)31)28-20-12-11-19(27)13-15(20)2/h4-13,28H,1-3H3. The summed E-state index contributed by atoms with van der Waals surface area (Å²) in [5, 5.41) is 4.34. The van der Waals surface area contributed by atoms with Crippen LogP contribution < -0.4 is 10.2 Å². The molecule has 0 saturated heterocycles. The lowest BCUT2D eigenvalue weighted by atomic mass is 10.0. The lowest BCUT2D eigenvalue weighted by Crippen LogP contribution is -2.33. The van der Waals surface area contributed by atoms with Crippen LogP contribution in [0.5, 0.6) is 0 Å². The summed E-state index contributed by atoms with van der Waals surface area (Å²) in [6.45, 7) is 5.75. The Morgan fingerprint density at radius 2 is 1.45 bits per heavy atom. The van der Waals surface area contributed by atoms with Gasteiger partial charge in [0.2, 0.25) is 0 Å². The molecule has 31 heavy (non-hydrogen) atoms. The Hall–Kier alpha value is -3.08. The third-order valence-electron chi connectivity index (χ3n) is 5.48. The molecule has 0 saturated carbocycles. The maximum absolute atomic E-state index is 13.6. The average molecular weight is 451 g/mol. The van der Waals surface area contributed by atoms with Crippen molar-refractivity contribution in [1.29, 1.82) is 0 Å². The number of carbonyl (C=O) groups excluding carboxylic acids is 2. The van der Waals surface area contributed by atoms with Crippen molar-refractivity contribution in [3.05, 3.63) is 98.7 Å². The second kappa shape index (κ2) is 8.22. The van der Waals surface area contributed by atoms with E-state index >= 15 is 0 Å². The molecule has 0 spiro atoms. The zero-order valence-electron chi connectivity index (χ0n) is 17.3. The third kappa shape index (κ3) is 3.85. The van der Waals surface area contributed by atoms with Gasteiger partial charge in [0.15, 0.2) is 0 Å². The van der Waals surface area contributed by atoms with E-state index in [9.17, 15) is 9.59 Å². The van der Waals surface area contributed by atoms with Gasteiger partial charge in [-0.2, -0.15) is 0 Å². The fraction of sp³-hybridized carbons (Fsp3) is 0.120. The third-order valence-corrected chi connectivity index (χ3v) is 5.97. The number of anilines is 2. The van der Waals surface area contributed by atoms with Crippen LogP contribution in [0.4, 0.5) is 11.4 Å². The van der Waals surface area contributed by atoms with Crippen molar-refractivity contribution in [1.82, 2.24) is 0 Å². The summed E-state index contributed by atoms with van der Waals surface area (Å²) in [6.07, 6.45) is 0. The summed E-state index contributed by atoms with van der Waals surface area (Å²) in [5.41, 5.74) is 5.16. The van der Waals surface area contributed by atoms with Gasteiger partial charge in [0.05, 0.1) is 11.3 Å². The molecular formula is C25H20Cl2N2O2. The van der Waals surface area contributed by atoms with Gasteiger partial charge in [-0.05, 0) is 79.4 Å². The van der Waals surface area contributed by atoms with Crippen LogP contribution >= 0.6 is 23.2 Å². The second-order valence-corrected chi connectivity index (χ2v) is 8.38. The van der Waals surface area contributed by atoms with Crippen LogP contribution in [-0.2, 0) is 9.59 Å². The van der Waals surface area contributed by atoms with Crippen LogP contribution in [0, 0.1) is 20.8 Å². The van der Waals surface area contributed by atoms with E-state index in [0.29, 0.717) is 32.6 Å². The number of nitrogens with one attached hydrogen (secondary N) is 1. The molecule has 156 valence electrons. The summed E-state index contributed by atoms with van der Waals surface area (Å²) in [7, 11) is 0. The Bertz CT molecular complexity index is 1250. The largest absolute Gasteiger partial charge is 0.350 e. The number of carbonyl (C=O) groups is 2. The lowest BCUT2D eigenvalue weighted by Gasteiger charge is -2.19. The minimum absolute atomic E-state index is 0.221. The molecule has 3 aromatic rings. The number of amides is 2. The van der Waals surface area contributed by atoms with Crippen molar-refractivity contribution in [3.8, 4) is 0 Å². The van der Waals surface area contributed by atoms with Crippen molar-refractivity contribution in [2.45, 2.75) is 20.8 Å². The molecule has 6 heteroatoms. The molecule has 0 bridgehead atoms. The summed E-state index contributed by atoms with van der Waals surface area (Å²) >= 11 is 12.1. The molecule has 0 unspecified atom stereocenters. The van der Waals surface area contributed by atoms with Crippen LogP contribution in [0.3, 0.4) is 0 Å². The van der Waals surface area contributed by atoms with Crippen molar-refractivity contribution in [2.24, 2.45) is 0 Å². The Morgan fingerprint density at radius 3 is 2.13 bits per heavy atom. The first-order valence-electron chi connectivity index (χ1n) is 9.76. The van der Waals surface area contributed by atoms with Gasteiger partial charge in [-0.3, -0.25) is 9.59 Å². The molecule has 1 N–H and O–H groups in total. The maximum atomic E-state index is 13.6. The predicted molar refractivity (Wildman–Crippen MR) is 127 cm³/mol. The number of imide groups is 1. The fourth-order valence-electron chi connectivity index (χ4n) is 3.63. The van der Waals surface area contributed by atoms with E-state index in [2.05, 4.69) is 5.32 Å². The monoisotopic (exact) mass is 450 g/mol. The Morgan fingerprint density at radius 1 is 0.774 bits per heavy atom. The molecule has 1 aliphatic rings. The van der Waals surface area contributed by atoms with Crippen LogP contribution in [0.15, 0.2) is 66.4 Å². The Kier molecular flexibility index (Phi) is 5.61. The molecule has 0 atom stereocenters. The highest BCUT2D eigenvalue weighted by Gasteiger charge is 2.41. The second-order valence-electron chi connectivity index (χ2n) is 7.51. The van der Waals surface area contributed by atoms with Crippen molar-refractivity contribution >= 4 is 52.0 Å². The normalized spacial score (nSPS) is 13.9. The van der Waals surface area contributed by atoms with Crippen LogP contribution in [0.25, 0.3) is 5.57 Å². The van der Waals surface area contributed by atoms with E-state index < -0.39 is 5.91 Å². The van der Waals surface area contributed by atoms with E-state index in [0.717, 1.165) is 16.7 Å². The number of benzene rings is 3. The first-order chi connectivity index (χ1) is 14.8. The van der Waals surface area contributed by atoms with E-state index in [1.807, 2.05) is 32.9 Å². The van der Waals surface area contributed by atoms with Gasteiger partial charge < -0.3 is 5.32 Å². The van der Waals surface area contributed by atoms with E-state index in [1.54, 1.807) is 48.5 Å². The van der Waals surface area contributed by atoms with E-state index in [4.69, 9.17) is 23.2 Å². The zero-order valence-corrected chi connectivity index (χ0v) is 18.8. The van der Waals surface area contributed by atoms with Crippen molar-refractivity contribution in [2.75, 3.05) is 10.2 Å². The quantitative estimate of drug-likeness (QED) is 0.473. The van der Waals surface area contributed by atoms with Gasteiger partial charge in [0.25, 0.3) is 11.8 Å². The van der Waals surface area contributed by atoms with Gasteiger partial charge in [-0.15, -0.1) is 0 Å². The number of rotatable bonds is 4. The van der Waals surface area contributed by atoms with Gasteiger partial charge in [-0.1, -0.05) is 47.5 Å². The first-order valence-corrected chi connectivity index (χ1v) is 10.5. The number of hydrogen-bond acceptors (Lipinski definition) is 3. The molecule has 2 amide bonds. The van der Waals surface area contributed by atoms with Crippen molar-refractivity contribution < 1.29 is 9.59 Å². The molecule has 4 nitrogen and oxygen atoms in total. The highest BCUT2D eigenvalue weighted by molar-refractivity contribution is 6.46.